The summed E-state index contributed by atoms with van der Waals surface area (Å²) in [6, 6.07) is 6.13. The maximum atomic E-state index is 11.8. The van der Waals surface area contributed by atoms with E-state index in [0.29, 0.717) is 5.92 Å². The minimum Gasteiger partial charge on any atom is -0.325 e. The molecule has 1 N–H and O–H groups in total. The number of fused-ring (bicyclic) bond motifs is 1. The Kier molecular flexibility index (Phi) is 3.98. The summed E-state index contributed by atoms with van der Waals surface area (Å²) in [5.41, 5.74) is 3.37. The van der Waals surface area contributed by atoms with Crippen LogP contribution in [0.4, 0.5) is 5.69 Å². The zero-order chi connectivity index (χ0) is 11.0. The summed E-state index contributed by atoms with van der Waals surface area (Å²) in [6.07, 6.45) is 0.933. The molecule has 1 amide bonds. The quantitative estimate of drug-likeness (QED) is 0.841. The highest BCUT2D eigenvalue weighted by atomic mass is 35.5. The summed E-state index contributed by atoms with van der Waals surface area (Å²) in [7, 11) is 0. The summed E-state index contributed by atoms with van der Waals surface area (Å²) in [6.45, 7) is 6.35. The van der Waals surface area contributed by atoms with Crippen molar-refractivity contribution < 1.29 is 4.79 Å². The number of anilines is 1. The van der Waals surface area contributed by atoms with Gasteiger partial charge in [-0.3, -0.25) is 4.79 Å². The van der Waals surface area contributed by atoms with Gasteiger partial charge in [0.2, 0.25) is 5.91 Å². The zero-order valence-corrected chi connectivity index (χ0v) is 10.7. The first-order valence-corrected chi connectivity index (χ1v) is 5.50. The molecule has 16 heavy (non-hydrogen) atoms. The first-order valence-electron chi connectivity index (χ1n) is 5.50. The zero-order valence-electron chi connectivity index (χ0n) is 9.91. The fourth-order valence-electron chi connectivity index (χ4n) is 2.21. The van der Waals surface area contributed by atoms with Crippen LogP contribution in [0.2, 0.25) is 0 Å². The second kappa shape index (κ2) is 4.88. The monoisotopic (exact) mass is 239 g/mol. The average molecular weight is 240 g/mol. The van der Waals surface area contributed by atoms with Gasteiger partial charge in [-0.1, -0.05) is 32.0 Å². The number of carbonyl (C=O) groups excluding carboxylic acids is 1. The first kappa shape index (κ1) is 13.0. The molecule has 0 aliphatic carbocycles. The molecule has 1 aliphatic heterocycles. The number of para-hydroxylation sites is 1. The van der Waals surface area contributed by atoms with Gasteiger partial charge in [-0.25, -0.2) is 0 Å². The van der Waals surface area contributed by atoms with Gasteiger partial charge in [0, 0.05) is 5.69 Å². The van der Waals surface area contributed by atoms with Gasteiger partial charge >= 0.3 is 0 Å². The van der Waals surface area contributed by atoms with Gasteiger partial charge in [0.05, 0.1) is 5.92 Å². The predicted octanol–water partition coefficient (Wildman–Crippen LogP) is 3.50. The van der Waals surface area contributed by atoms with Gasteiger partial charge in [-0.15, -0.1) is 12.4 Å². The molecule has 0 aromatic heterocycles. The molecule has 0 radical (unpaired) electrons. The first-order chi connectivity index (χ1) is 7.09. The largest absolute Gasteiger partial charge is 0.325 e. The number of carbonyl (C=O) groups is 1. The number of benzene rings is 1. The van der Waals surface area contributed by atoms with Crippen LogP contribution in [0.3, 0.4) is 0 Å². The van der Waals surface area contributed by atoms with Gasteiger partial charge in [-0.2, -0.15) is 0 Å². The molecule has 1 aromatic rings. The summed E-state index contributed by atoms with van der Waals surface area (Å²) in [4.78, 5) is 11.8. The summed E-state index contributed by atoms with van der Waals surface area (Å²) >= 11 is 0. The number of rotatable bonds is 2. The molecule has 0 bridgehead atoms. The Morgan fingerprint density at radius 2 is 2.06 bits per heavy atom. The third kappa shape index (κ3) is 2.22. The van der Waals surface area contributed by atoms with E-state index in [-0.39, 0.29) is 24.2 Å². The second-order valence-electron chi connectivity index (χ2n) is 4.71. The Morgan fingerprint density at radius 3 is 2.69 bits per heavy atom. The average Bonchev–Trinajstić information content (AvgIpc) is 2.45. The van der Waals surface area contributed by atoms with Crippen molar-refractivity contribution in [3.05, 3.63) is 29.3 Å². The minimum absolute atomic E-state index is 0. The maximum absolute atomic E-state index is 11.8. The third-order valence-corrected chi connectivity index (χ3v) is 2.95. The van der Waals surface area contributed by atoms with Crippen LogP contribution in [0.15, 0.2) is 18.2 Å². The van der Waals surface area contributed by atoms with E-state index >= 15 is 0 Å². The van der Waals surface area contributed by atoms with E-state index in [1.54, 1.807) is 0 Å². The normalized spacial score (nSPS) is 18.0. The van der Waals surface area contributed by atoms with E-state index in [0.717, 1.165) is 17.7 Å². The van der Waals surface area contributed by atoms with Gasteiger partial charge in [-0.05, 0) is 30.4 Å². The molecule has 1 aliphatic rings. The topological polar surface area (TPSA) is 29.1 Å². The predicted molar refractivity (Wildman–Crippen MR) is 69.3 cm³/mol. The molecule has 0 saturated carbocycles. The fourth-order valence-corrected chi connectivity index (χ4v) is 2.21. The lowest BCUT2D eigenvalue weighted by molar-refractivity contribution is -0.117. The Hall–Kier alpha value is -1.02. The number of nitrogens with one attached hydrogen (secondary N) is 1. The van der Waals surface area contributed by atoms with E-state index in [2.05, 4.69) is 25.2 Å². The maximum Gasteiger partial charge on any atom is 0.232 e. The molecule has 1 heterocycles. The molecule has 0 fully saturated rings. The number of amides is 1. The van der Waals surface area contributed by atoms with E-state index in [9.17, 15) is 4.79 Å². The molecule has 2 nitrogen and oxygen atoms in total. The van der Waals surface area contributed by atoms with Crippen molar-refractivity contribution in [2.75, 3.05) is 5.32 Å². The molecule has 3 heteroatoms. The lowest BCUT2D eigenvalue weighted by Crippen LogP contribution is -2.13. The molecular formula is C13H18ClNO. The SMILES string of the molecule is Cc1cccc2c1NC(=O)C2CC(C)C.Cl. The lowest BCUT2D eigenvalue weighted by Gasteiger charge is -2.11. The Morgan fingerprint density at radius 1 is 1.38 bits per heavy atom. The van der Waals surface area contributed by atoms with Crippen LogP contribution in [-0.2, 0) is 4.79 Å². The number of hydrogen-bond donors (Lipinski definition) is 1. The molecule has 1 atom stereocenters. The van der Waals surface area contributed by atoms with E-state index < -0.39 is 0 Å². The summed E-state index contributed by atoms with van der Waals surface area (Å²) in [5, 5.41) is 2.98. The van der Waals surface area contributed by atoms with E-state index in [1.807, 2.05) is 19.1 Å². The smallest absolute Gasteiger partial charge is 0.232 e. The Bertz CT molecular complexity index is 401. The number of hydrogen-bond acceptors (Lipinski definition) is 1. The molecule has 88 valence electrons. The van der Waals surface area contributed by atoms with Crippen LogP contribution in [0.5, 0.6) is 0 Å². The standard InChI is InChI=1S/C13H17NO.ClH/c1-8(2)7-11-10-6-4-5-9(3)12(10)14-13(11)15;/h4-6,8,11H,7H2,1-3H3,(H,14,15);1H. The van der Waals surface area contributed by atoms with Gasteiger partial charge in [0.15, 0.2) is 0 Å². The highest BCUT2D eigenvalue weighted by Gasteiger charge is 2.31. The van der Waals surface area contributed by atoms with Gasteiger partial charge in [0.25, 0.3) is 0 Å². The van der Waals surface area contributed by atoms with Crippen molar-refractivity contribution in [2.45, 2.75) is 33.1 Å². The van der Waals surface area contributed by atoms with Crippen molar-refractivity contribution in [3.8, 4) is 0 Å². The molecule has 2 rings (SSSR count). The van der Waals surface area contributed by atoms with E-state index in [1.165, 1.54) is 5.56 Å². The number of aryl methyl sites for hydroxylation is 1. The Labute approximate surface area is 103 Å². The van der Waals surface area contributed by atoms with Crippen LogP contribution < -0.4 is 5.32 Å². The second-order valence-corrected chi connectivity index (χ2v) is 4.71. The van der Waals surface area contributed by atoms with Gasteiger partial charge < -0.3 is 5.32 Å². The van der Waals surface area contributed by atoms with Crippen molar-refractivity contribution in [1.29, 1.82) is 0 Å². The molecule has 1 unspecified atom stereocenters. The van der Waals surface area contributed by atoms with Crippen molar-refractivity contribution in [2.24, 2.45) is 5.92 Å². The molecule has 0 saturated heterocycles. The molecular weight excluding hydrogens is 222 g/mol. The van der Waals surface area contributed by atoms with Crippen molar-refractivity contribution in [1.82, 2.24) is 0 Å². The van der Waals surface area contributed by atoms with Crippen molar-refractivity contribution in [3.63, 3.8) is 0 Å². The van der Waals surface area contributed by atoms with Crippen molar-refractivity contribution >= 4 is 24.0 Å². The van der Waals surface area contributed by atoms with E-state index in [4.69, 9.17) is 0 Å². The lowest BCUT2D eigenvalue weighted by atomic mass is 9.91. The van der Waals surface area contributed by atoms with Gasteiger partial charge in [0.1, 0.15) is 0 Å². The minimum atomic E-state index is 0. The number of halogens is 1. The van der Waals surface area contributed by atoms with Crippen LogP contribution in [-0.4, -0.2) is 5.91 Å². The molecule has 0 spiro atoms. The highest BCUT2D eigenvalue weighted by Crippen LogP contribution is 2.38. The summed E-state index contributed by atoms with van der Waals surface area (Å²) in [5.74, 6) is 0.764. The fraction of sp³-hybridized carbons (Fsp3) is 0.462. The van der Waals surface area contributed by atoms with Crippen LogP contribution >= 0.6 is 12.4 Å². The molecule has 1 aromatic carbocycles. The third-order valence-electron chi connectivity index (χ3n) is 2.95. The highest BCUT2D eigenvalue weighted by molar-refractivity contribution is 6.03. The van der Waals surface area contributed by atoms with Crippen LogP contribution in [0.1, 0.15) is 37.3 Å². The summed E-state index contributed by atoms with van der Waals surface area (Å²) < 4.78 is 0. The van der Waals surface area contributed by atoms with Crippen LogP contribution in [0, 0.1) is 12.8 Å². The van der Waals surface area contributed by atoms with Crippen LogP contribution in [0.25, 0.3) is 0 Å². The Balaban J connectivity index is 0.00000128.